The number of carbonyl (C=O) groups excluding carboxylic acids is 1. The van der Waals surface area contributed by atoms with Crippen molar-refractivity contribution in [2.75, 3.05) is 0 Å². The summed E-state index contributed by atoms with van der Waals surface area (Å²) >= 11 is 0. The maximum absolute atomic E-state index is 11.4. The number of nitrogens with two attached hydrogens (primary N) is 1. The molecule has 3 heteroatoms. The molecule has 158 valence electrons. The topological polar surface area (TPSA) is 52.3 Å². The highest BCUT2D eigenvalue weighted by Gasteiger charge is 2.57. The fraction of sp³-hybridized carbons (Fsp3) is 0.654. The highest BCUT2D eigenvalue weighted by atomic mass is 16.5. The van der Waals surface area contributed by atoms with E-state index in [2.05, 4.69) is 45.1 Å². The van der Waals surface area contributed by atoms with Gasteiger partial charge in [-0.2, -0.15) is 0 Å². The van der Waals surface area contributed by atoms with Gasteiger partial charge in [0.1, 0.15) is 6.10 Å². The van der Waals surface area contributed by atoms with E-state index >= 15 is 0 Å². The van der Waals surface area contributed by atoms with Gasteiger partial charge in [0.15, 0.2) is 0 Å². The number of esters is 1. The maximum Gasteiger partial charge on any atom is 0.302 e. The Hall–Kier alpha value is -1.77. The molecule has 0 spiro atoms. The average Bonchev–Trinajstić information content (AvgIpc) is 3.03. The molecule has 3 nitrogen and oxygen atoms in total. The standard InChI is InChI=1S/C26H37NO2/c1-5-6-18(16-27)22-9-10-23-21-8-7-19-15-20(29-17(2)28)11-13-25(19,3)24(21)12-14-26(22,23)4/h5-7,9,16,20-21,23-24H,8,10-15,27H2,1-4H3/b6-5-,18-16+. The Morgan fingerprint density at radius 2 is 1.90 bits per heavy atom. The first-order valence-corrected chi connectivity index (χ1v) is 11.5. The lowest BCUT2D eigenvalue weighted by Crippen LogP contribution is -2.50. The summed E-state index contributed by atoms with van der Waals surface area (Å²) in [5, 5.41) is 0. The van der Waals surface area contributed by atoms with Crippen molar-refractivity contribution in [3.8, 4) is 0 Å². The summed E-state index contributed by atoms with van der Waals surface area (Å²) in [6.07, 6.45) is 19.1. The van der Waals surface area contributed by atoms with E-state index in [1.165, 1.54) is 43.8 Å². The molecule has 0 aromatic carbocycles. The van der Waals surface area contributed by atoms with Crippen LogP contribution < -0.4 is 5.73 Å². The van der Waals surface area contributed by atoms with Crippen molar-refractivity contribution in [3.05, 3.63) is 47.2 Å². The van der Waals surface area contributed by atoms with Crippen LogP contribution in [-0.4, -0.2) is 12.1 Å². The summed E-state index contributed by atoms with van der Waals surface area (Å²) in [6.45, 7) is 8.58. The predicted octanol–water partition coefficient (Wildman–Crippen LogP) is 5.84. The van der Waals surface area contributed by atoms with E-state index in [0.29, 0.717) is 5.92 Å². The monoisotopic (exact) mass is 395 g/mol. The van der Waals surface area contributed by atoms with Crippen molar-refractivity contribution in [2.45, 2.75) is 78.7 Å². The van der Waals surface area contributed by atoms with E-state index in [9.17, 15) is 4.79 Å². The summed E-state index contributed by atoms with van der Waals surface area (Å²) in [6, 6.07) is 0. The third kappa shape index (κ3) is 3.21. The zero-order valence-corrected chi connectivity index (χ0v) is 18.5. The molecule has 4 rings (SSSR count). The number of rotatable bonds is 3. The van der Waals surface area contributed by atoms with Gasteiger partial charge in [-0.3, -0.25) is 4.79 Å². The first-order chi connectivity index (χ1) is 13.8. The van der Waals surface area contributed by atoms with Gasteiger partial charge in [-0.25, -0.2) is 0 Å². The molecule has 0 aromatic rings. The maximum atomic E-state index is 11.4. The number of allylic oxidation sites excluding steroid dienone is 6. The minimum Gasteiger partial charge on any atom is -0.462 e. The minimum absolute atomic E-state index is 0.0788. The molecular weight excluding hydrogens is 358 g/mol. The molecule has 29 heavy (non-hydrogen) atoms. The Morgan fingerprint density at radius 3 is 2.59 bits per heavy atom. The third-order valence-corrected chi connectivity index (χ3v) is 8.81. The summed E-state index contributed by atoms with van der Waals surface area (Å²) in [5.41, 5.74) is 10.8. The Bertz CT molecular complexity index is 804. The van der Waals surface area contributed by atoms with Crippen LogP contribution >= 0.6 is 0 Å². The van der Waals surface area contributed by atoms with Gasteiger partial charge in [-0.15, -0.1) is 0 Å². The highest BCUT2D eigenvalue weighted by molar-refractivity contribution is 5.66. The van der Waals surface area contributed by atoms with E-state index in [-0.39, 0.29) is 22.9 Å². The first-order valence-electron chi connectivity index (χ1n) is 11.5. The zero-order valence-electron chi connectivity index (χ0n) is 18.5. The molecule has 2 fully saturated rings. The van der Waals surface area contributed by atoms with Crippen molar-refractivity contribution < 1.29 is 9.53 Å². The van der Waals surface area contributed by atoms with Crippen LogP contribution in [0.4, 0.5) is 0 Å². The van der Waals surface area contributed by atoms with Crippen LogP contribution in [-0.2, 0) is 9.53 Å². The lowest BCUT2D eigenvalue weighted by atomic mass is 9.47. The lowest BCUT2D eigenvalue weighted by Gasteiger charge is -2.58. The molecular formula is C26H37NO2. The van der Waals surface area contributed by atoms with Gasteiger partial charge in [0.05, 0.1) is 0 Å². The third-order valence-electron chi connectivity index (χ3n) is 8.81. The van der Waals surface area contributed by atoms with Crippen molar-refractivity contribution in [2.24, 2.45) is 34.3 Å². The molecule has 0 amide bonds. The lowest BCUT2D eigenvalue weighted by molar-refractivity contribution is -0.148. The molecule has 0 saturated heterocycles. The molecule has 0 aliphatic heterocycles. The fourth-order valence-corrected chi connectivity index (χ4v) is 7.39. The second-order valence-corrected chi connectivity index (χ2v) is 10.2. The molecule has 0 aromatic heterocycles. The van der Waals surface area contributed by atoms with Gasteiger partial charge in [-0.05, 0) is 85.2 Å². The van der Waals surface area contributed by atoms with E-state index in [1.54, 1.807) is 11.8 Å². The van der Waals surface area contributed by atoms with Gasteiger partial charge in [0, 0.05) is 19.5 Å². The number of hydrogen-bond donors (Lipinski definition) is 1. The molecule has 2 N–H and O–H groups in total. The number of fused-ring (bicyclic) bond motifs is 5. The summed E-state index contributed by atoms with van der Waals surface area (Å²) in [7, 11) is 0. The molecule has 2 saturated carbocycles. The van der Waals surface area contributed by atoms with Gasteiger partial charge >= 0.3 is 5.97 Å². The largest absolute Gasteiger partial charge is 0.462 e. The van der Waals surface area contributed by atoms with E-state index < -0.39 is 0 Å². The van der Waals surface area contributed by atoms with Gasteiger partial charge < -0.3 is 10.5 Å². The fourth-order valence-electron chi connectivity index (χ4n) is 7.39. The number of hydrogen-bond acceptors (Lipinski definition) is 3. The Balaban J connectivity index is 1.59. The Morgan fingerprint density at radius 1 is 1.14 bits per heavy atom. The van der Waals surface area contributed by atoms with Crippen molar-refractivity contribution in [1.29, 1.82) is 0 Å². The number of ether oxygens (including phenoxy) is 1. The second-order valence-electron chi connectivity index (χ2n) is 10.2. The van der Waals surface area contributed by atoms with Crippen LogP contribution in [0.1, 0.15) is 72.6 Å². The van der Waals surface area contributed by atoms with Crippen LogP contribution in [0.25, 0.3) is 0 Å². The van der Waals surface area contributed by atoms with Crippen LogP contribution in [0.3, 0.4) is 0 Å². The smallest absolute Gasteiger partial charge is 0.302 e. The zero-order chi connectivity index (χ0) is 20.8. The molecule has 6 unspecified atom stereocenters. The average molecular weight is 396 g/mol. The summed E-state index contributed by atoms with van der Waals surface area (Å²) in [4.78, 5) is 11.4. The van der Waals surface area contributed by atoms with Crippen LogP contribution in [0, 0.1) is 28.6 Å². The van der Waals surface area contributed by atoms with Crippen molar-refractivity contribution in [1.82, 2.24) is 0 Å². The van der Waals surface area contributed by atoms with Crippen LogP contribution in [0.2, 0.25) is 0 Å². The predicted molar refractivity (Wildman–Crippen MR) is 118 cm³/mol. The quantitative estimate of drug-likeness (QED) is 0.371. The summed E-state index contributed by atoms with van der Waals surface area (Å²) in [5.74, 6) is 2.05. The molecule has 4 aliphatic rings. The normalized spacial score (nSPS) is 41.9. The molecule has 0 bridgehead atoms. The number of carbonyl (C=O) groups is 1. The minimum atomic E-state index is -0.143. The van der Waals surface area contributed by atoms with Crippen LogP contribution in [0.5, 0.6) is 0 Å². The SMILES string of the molecule is C/C=C\C(=C/N)C1=CCC2C3CC=C4CC(OC(C)=O)CCC4(C)C3CCC12C. The van der Waals surface area contributed by atoms with Gasteiger partial charge in [0.25, 0.3) is 0 Å². The second kappa shape index (κ2) is 7.49. The summed E-state index contributed by atoms with van der Waals surface area (Å²) < 4.78 is 5.57. The van der Waals surface area contributed by atoms with Gasteiger partial charge in [0.2, 0.25) is 0 Å². The van der Waals surface area contributed by atoms with E-state index in [0.717, 1.165) is 31.1 Å². The molecule has 0 radical (unpaired) electrons. The van der Waals surface area contributed by atoms with Crippen LogP contribution in [0.15, 0.2) is 47.2 Å². The highest BCUT2D eigenvalue weighted by Crippen LogP contribution is 2.65. The van der Waals surface area contributed by atoms with Gasteiger partial charge in [-0.1, -0.05) is 43.7 Å². The molecule has 0 heterocycles. The van der Waals surface area contributed by atoms with E-state index in [4.69, 9.17) is 10.5 Å². The molecule has 6 atom stereocenters. The first kappa shape index (κ1) is 20.5. The Labute approximate surface area is 176 Å². The molecule has 4 aliphatic carbocycles. The Kier molecular flexibility index (Phi) is 5.29. The van der Waals surface area contributed by atoms with Crippen molar-refractivity contribution >= 4 is 5.97 Å². The van der Waals surface area contributed by atoms with Crippen molar-refractivity contribution in [3.63, 3.8) is 0 Å². The van der Waals surface area contributed by atoms with E-state index in [1.807, 2.05) is 0 Å².